The predicted octanol–water partition coefficient (Wildman–Crippen LogP) is 4.42. The fraction of sp³-hybridized carbons (Fsp3) is 0.441. The van der Waals surface area contributed by atoms with Crippen LogP contribution in [-0.4, -0.2) is 76.2 Å². The number of aliphatic hydroxyl groups is 1. The molecule has 3 fully saturated rings. The molecule has 2 bridgehead atoms. The van der Waals surface area contributed by atoms with Crippen LogP contribution >= 0.6 is 11.8 Å². The zero-order valence-corrected chi connectivity index (χ0v) is 25.6. The van der Waals surface area contributed by atoms with E-state index in [2.05, 4.69) is 13.2 Å². The number of likely N-dealkylation sites (tertiary alicyclic amines) is 1. The van der Waals surface area contributed by atoms with Crippen molar-refractivity contribution < 1.29 is 29.0 Å². The number of esters is 1. The second-order valence-electron chi connectivity index (χ2n) is 11.7. The molecule has 2 aromatic carbocycles. The summed E-state index contributed by atoms with van der Waals surface area (Å²) in [5.74, 6) is -1.73. The van der Waals surface area contributed by atoms with Crippen molar-refractivity contribution in [1.82, 2.24) is 4.90 Å². The van der Waals surface area contributed by atoms with E-state index in [1.807, 2.05) is 49.4 Å². The quantitative estimate of drug-likeness (QED) is 0.206. The van der Waals surface area contributed by atoms with E-state index in [4.69, 9.17) is 9.47 Å². The largest absolute Gasteiger partial charge is 0.497 e. The van der Waals surface area contributed by atoms with Gasteiger partial charge in [0, 0.05) is 17.0 Å². The van der Waals surface area contributed by atoms with Gasteiger partial charge < -0.3 is 24.4 Å². The lowest BCUT2D eigenvalue weighted by atomic mass is 9.66. The second-order valence-corrected chi connectivity index (χ2v) is 13.6. The van der Waals surface area contributed by atoms with Gasteiger partial charge in [-0.05, 0) is 62.4 Å². The standard InChI is InChI=1S/C34H40N2O6S/c1-5-7-20-42-32(40)28-27-30(38)36(25(22-37)21-23-11-9-8-10-12-23)29(34(27)18-17-33(28,3)43-34)31(39)35(19-6-2)24-13-15-26(41-4)16-14-24/h5-6,8-16,25,27-29,37H,1-2,7,17-22H2,3-4H3/t25-,27+,28+,29?,33-,34?/m1/s1. The van der Waals surface area contributed by atoms with Gasteiger partial charge in [-0.3, -0.25) is 14.4 Å². The topological polar surface area (TPSA) is 96.4 Å². The summed E-state index contributed by atoms with van der Waals surface area (Å²) in [4.78, 5) is 46.4. The van der Waals surface area contributed by atoms with Crippen LogP contribution in [0.2, 0.25) is 0 Å². The molecule has 0 radical (unpaired) electrons. The summed E-state index contributed by atoms with van der Waals surface area (Å²) in [5.41, 5.74) is 1.59. The summed E-state index contributed by atoms with van der Waals surface area (Å²) < 4.78 is 9.59. The molecule has 8 nitrogen and oxygen atoms in total. The third-order valence-corrected chi connectivity index (χ3v) is 11.1. The molecule has 1 N–H and O–H groups in total. The van der Waals surface area contributed by atoms with Crippen molar-refractivity contribution in [1.29, 1.82) is 0 Å². The molecule has 0 saturated carbocycles. The number of amides is 2. The first kappa shape index (κ1) is 30.9. The van der Waals surface area contributed by atoms with Crippen molar-refractivity contribution in [3.8, 4) is 5.75 Å². The first-order chi connectivity index (χ1) is 20.7. The number of hydrogen-bond acceptors (Lipinski definition) is 7. The minimum absolute atomic E-state index is 0.192. The molecular formula is C34H40N2O6S. The molecule has 3 aliphatic rings. The number of hydrogen-bond donors (Lipinski definition) is 1. The molecule has 9 heteroatoms. The predicted molar refractivity (Wildman–Crippen MR) is 168 cm³/mol. The second kappa shape index (κ2) is 12.6. The number of rotatable bonds is 13. The molecule has 2 aromatic rings. The van der Waals surface area contributed by atoms with Crippen LogP contribution in [0.5, 0.6) is 5.75 Å². The zero-order chi connectivity index (χ0) is 30.8. The van der Waals surface area contributed by atoms with E-state index in [0.29, 0.717) is 37.1 Å². The van der Waals surface area contributed by atoms with E-state index in [1.54, 1.807) is 53.0 Å². The maximum absolute atomic E-state index is 14.9. The Balaban J connectivity index is 1.60. The Morgan fingerprint density at radius 3 is 2.49 bits per heavy atom. The van der Waals surface area contributed by atoms with Gasteiger partial charge in [0.15, 0.2) is 0 Å². The molecule has 6 atom stereocenters. The third kappa shape index (κ3) is 5.38. The van der Waals surface area contributed by atoms with Crippen molar-refractivity contribution in [2.45, 2.75) is 54.2 Å². The highest BCUT2D eigenvalue weighted by molar-refractivity contribution is 8.02. The highest BCUT2D eigenvalue weighted by Crippen LogP contribution is 2.72. The number of carbonyl (C=O) groups excluding carboxylic acids is 3. The highest BCUT2D eigenvalue weighted by atomic mass is 32.2. The van der Waals surface area contributed by atoms with Gasteiger partial charge in [-0.2, -0.15) is 0 Å². The number of carbonyl (C=O) groups is 3. The van der Waals surface area contributed by atoms with Gasteiger partial charge >= 0.3 is 5.97 Å². The average molecular weight is 605 g/mol. The summed E-state index contributed by atoms with van der Waals surface area (Å²) in [6.07, 6.45) is 5.50. The number of anilines is 1. The van der Waals surface area contributed by atoms with Crippen LogP contribution in [0.3, 0.4) is 0 Å². The van der Waals surface area contributed by atoms with Gasteiger partial charge in [-0.15, -0.1) is 24.9 Å². The molecule has 228 valence electrons. The normalized spacial score (nSPS) is 27.8. The number of benzene rings is 2. The van der Waals surface area contributed by atoms with E-state index in [0.717, 1.165) is 5.56 Å². The summed E-state index contributed by atoms with van der Waals surface area (Å²) >= 11 is 1.58. The molecule has 0 aliphatic carbocycles. The van der Waals surface area contributed by atoms with E-state index < -0.39 is 39.4 Å². The molecule has 5 rings (SSSR count). The third-order valence-electron chi connectivity index (χ3n) is 9.15. The number of nitrogens with zero attached hydrogens (tertiary/aromatic N) is 2. The van der Waals surface area contributed by atoms with Crippen molar-refractivity contribution in [3.05, 3.63) is 85.5 Å². The Hall–Kier alpha value is -3.56. The van der Waals surface area contributed by atoms with Crippen molar-refractivity contribution >= 4 is 35.2 Å². The van der Waals surface area contributed by atoms with Crippen LogP contribution in [0.15, 0.2) is 79.9 Å². The van der Waals surface area contributed by atoms with E-state index in [9.17, 15) is 19.5 Å². The molecule has 2 unspecified atom stereocenters. The van der Waals surface area contributed by atoms with Gasteiger partial charge in [0.05, 0.1) is 42.9 Å². The molecule has 3 heterocycles. The van der Waals surface area contributed by atoms with Gasteiger partial charge in [-0.25, -0.2) is 0 Å². The van der Waals surface area contributed by atoms with Crippen LogP contribution in [0.1, 0.15) is 31.7 Å². The number of methoxy groups -OCH3 is 1. The molecular weight excluding hydrogens is 564 g/mol. The summed E-state index contributed by atoms with van der Waals surface area (Å²) in [5, 5.41) is 10.7. The molecule has 2 amide bonds. The number of aliphatic hydroxyl groups excluding tert-OH is 1. The minimum Gasteiger partial charge on any atom is -0.497 e. The summed E-state index contributed by atoms with van der Waals surface area (Å²) in [6.45, 7) is 9.70. The van der Waals surface area contributed by atoms with E-state index in [-0.39, 0.29) is 31.6 Å². The highest BCUT2D eigenvalue weighted by Gasteiger charge is 2.78. The van der Waals surface area contributed by atoms with Gasteiger partial charge in [0.25, 0.3) is 5.91 Å². The van der Waals surface area contributed by atoms with Crippen LogP contribution < -0.4 is 9.64 Å². The minimum atomic E-state index is -0.897. The SMILES string of the molecule is C=CCCOC(=O)[C@@H]1[C@H]2C(=O)N([C@@H](CO)Cc3ccccc3)C(C(=O)N(CC=C)c3ccc(OC)cc3)C23CC[C@@]1(C)S3. The molecule has 3 saturated heterocycles. The smallest absolute Gasteiger partial charge is 0.311 e. The van der Waals surface area contributed by atoms with Crippen molar-refractivity contribution in [2.24, 2.45) is 11.8 Å². The Kier molecular flexibility index (Phi) is 9.04. The lowest BCUT2D eigenvalue weighted by Gasteiger charge is -2.39. The van der Waals surface area contributed by atoms with Crippen LogP contribution in [0.4, 0.5) is 5.69 Å². The molecule has 43 heavy (non-hydrogen) atoms. The van der Waals surface area contributed by atoms with Crippen LogP contribution in [-0.2, 0) is 25.5 Å². The van der Waals surface area contributed by atoms with Gasteiger partial charge in [0.1, 0.15) is 11.8 Å². The number of fused-ring (bicyclic) bond motifs is 1. The maximum Gasteiger partial charge on any atom is 0.311 e. The van der Waals surface area contributed by atoms with Gasteiger partial charge in [0.2, 0.25) is 5.91 Å². The Labute approximate surface area is 257 Å². The van der Waals surface area contributed by atoms with Crippen molar-refractivity contribution in [3.63, 3.8) is 0 Å². The molecule has 0 aromatic heterocycles. The van der Waals surface area contributed by atoms with Crippen LogP contribution in [0, 0.1) is 11.8 Å². The fourth-order valence-corrected chi connectivity index (χ4v) is 9.55. The first-order valence-corrected chi connectivity index (χ1v) is 15.6. The number of thioether (sulfide) groups is 1. The first-order valence-electron chi connectivity index (χ1n) is 14.8. The van der Waals surface area contributed by atoms with Gasteiger partial charge in [-0.1, -0.05) is 42.5 Å². The Morgan fingerprint density at radius 1 is 1.14 bits per heavy atom. The number of ether oxygens (including phenoxy) is 2. The summed E-state index contributed by atoms with van der Waals surface area (Å²) in [7, 11) is 1.58. The lowest BCUT2D eigenvalue weighted by molar-refractivity contribution is -0.156. The van der Waals surface area contributed by atoms with E-state index >= 15 is 0 Å². The Bertz CT molecular complexity index is 1370. The summed E-state index contributed by atoms with van der Waals surface area (Å²) in [6, 6.07) is 15.3. The van der Waals surface area contributed by atoms with Crippen molar-refractivity contribution in [2.75, 3.05) is 31.8 Å². The average Bonchev–Trinajstić information content (AvgIpc) is 3.59. The monoisotopic (exact) mass is 604 g/mol. The maximum atomic E-state index is 14.9. The Morgan fingerprint density at radius 2 is 1.86 bits per heavy atom. The fourth-order valence-electron chi connectivity index (χ4n) is 7.23. The zero-order valence-electron chi connectivity index (χ0n) is 24.8. The van der Waals surface area contributed by atoms with E-state index in [1.165, 1.54) is 0 Å². The lowest BCUT2D eigenvalue weighted by Crippen LogP contribution is -2.58. The molecule has 3 aliphatic heterocycles. The molecule has 1 spiro atoms. The van der Waals surface area contributed by atoms with Crippen LogP contribution in [0.25, 0.3) is 0 Å².